The molecule has 0 saturated carbocycles. The number of aryl methyl sites for hydroxylation is 3. The van der Waals surface area contributed by atoms with Crippen molar-refractivity contribution >= 4 is 34.6 Å². The number of nitrogens with zero attached hydrogens (tertiary/aromatic N) is 2. The molecule has 2 rings (SSSR count). The van der Waals surface area contributed by atoms with Gasteiger partial charge in [-0.25, -0.2) is 0 Å². The first-order valence-corrected chi connectivity index (χ1v) is 7.04. The lowest BCUT2D eigenvalue weighted by atomic mass is 10.1. The lowest BCUT2D eigenvalue weighted by molar-refractivity contribution is 0.695. The van der Waals surface area contributed by atoms with Crippen LogP contribution in [0.4, 0.5) is 5.69 Å². The van der Waals surface area contributed by atoms with Crippen LogP contribution in [0.3, 0.4) is 0 Å². The first-order chi connectivity index (χ1) is 9.47. The molecule has 20 heavy (non-hydrogen) atoms. The minimum Gasteiger partial charge on any atom is -0.357 e. The third kappa shape index (κ3) is 3.49. The maximum atomic E-state index is 6.05. The van der Waals surface area contributed by atoms with Crippen LogP contribution in [0.2, 0.25) is 5.02 Å². The summed E-state index contributed by atoms with van der Waals surface area (Å²) in [5, 5.41) is 11.6. The molecule has 0 aliphatic rings. The van der Waals surface area contributed by atoms with Crippen molar-refractivity contribution in [3.8, 4) is 0 Å². The lowest BCUT2D eigenvalue weighted by Gasteiger charge is -2.13. The second-order valence-corrected chi connectivity index (χ2v) is 5.50. The van der Waals surface area contributed by atoms with Gasteiger partial charge in [0.25, 0.3) is 0 Å². The SMILES string of the molecule is Cc1ccc(C)c(NC(=S)NCc2c(Cl)cnn2C)c1. The maximum Gasteiger partial charge on any atom is 0.171 e. The Labute approximate surface area is 129 Å². The number of nitrogens with one attached hydrogen (secondary N) is 2. The summed E-state index contributed by atoms with van der Waals surface area (Å²) in [6, 6.07) is 6.21. The van der Waals surface area contributed by atoms with Gasteiger partial charge in [-0.15, -0.1) is 0 Å². The van der Waals surface area contributed by atoms with Crippen LogP contribution in [-0.4, -0.2) is 14.9 Å². The summed E-state index contributed by atoms with van der Waals surface area (Å²) in [7, 11) is 1.85. The van der Waals surface area contributed by atoms with Crippen LogP contribution in [-0.2, 0) is 13.6 Å². The zero-order valence-electron chi connectivity index (χ0n) is 11.7. The molecule has 0 atom stereocenters. The largest absolute Gasteiger partial charge is 0.357 e. The molecular formula is C14H17ClN4S. The minimum atomic E-state index is 0.534. The van der Waals surface area contributed by atoms with Crippen LogP contribution >= 0.6 is 23.8 Å². The molecule has 0 radical (unpaired) electrons. The molecule has 2 N–H and O–H groups in total. The third-order valence-corrected chi connectivity index (χ3v) is 3.63. The Hall–Kier alpha value is -1.59. The molecule has 106 valence electrons. The van der Waals surface area contributed by atoms with Crippen LogP contribution in [0.1, 0.15) is 16.8 Å². The molecule has 1 aromatic heterocycles. The molecule has 2 aromatic rings. The molecule has 1 aromatic carbocycles. The van der Waals surface area contributed by atoms with Crippen molar-refractivity contribution in [2.45, 2.75) is 20.4 Å². The zero-order valence-corrected chi connectivity index (χ0v) is 13.3. The van der Waals surface area contributed by atoms with Gasteiger partial charge >= 0.3 is 0 Å². The van der Waals surface area contributed by atoms with E-state index in [4.69, 9.17) is 23.8 Å². The molecule has 0 fully saturated rings. The lowest BCUT2D eigenvalue weighted by Crippen LogP contribution is -2.29. The predicted octanol–water partition coefficient (Wildman–Crippen LogP) is 3.18. The highest BCUT2D eigenvalue weighted by atomic mass is 35.5. The topological polar surface area (TPSA) is 41.9 Å². The monoisotopic (exact) mass is 308 g/mol. The van der Waals surface area contributed by atoms with Crippen molar-refractivity contribution in [1.82, 2.24) is 15.1 Å². The standard InChI is InChI=1S/C14H17ClN4S/c1-9-4-5-10(2)12(6-9)18-14(20)16-8-13-11(15)7-17-19(13)3/h4-7H,8H2,1-3H3,(H2,16,18,20). The highest BCUT2D eigenvalue weighted by Gasteiger charge is 2.07. The van der Waals surface area contributed by atoms with E-state index in [0.29, 0.717) is 16.7 Å². The van der Waals surface area contributed by atoms with Gasteiger partial charge in [-0.1, -0.05) is 23.7 Å². The van der Waals surface area contributed by atoms with Gasteiger partial charge in [-0.2, -0.15) is 5.10 Å². The molecule has 0 amide bonds. The number of benzene rings is 1. The molecule has 0 spiro atoms. The Morgan fingerprint density at radius 3 is 2.80 bits per heavy atom. The average Bonchev–Trinajstić information content (AvgIpc) is 2.71. The van der Waals surface area contributed by atoms with Crippen LogP contribution in [0, 0.1) is 13.8 Å². The number of hydrogen-bond donors (Lipinski definition) is 2. The average molecular weight is 309 g/mol. The van der Waals surface area contributed by atoms with Crippen molar-refractivity contribution in [1.29, 1.82) is 0 Å². The maximum absolute atomic E-state index is 6.05. The summed E-state index contributed by atoms with van der Waals surface area (Å²) in [6.45, 7) is 4.63. The normalized spacial score (nSPS) is 10.4. The smallest absolute Gasteiger partial charge is 0.171 e. The molecule has 6 heteroatoms. The first kappa shape index (κ1) is 14.8. The molecule has 0 saturated heterocycles. The molecule has 1 heterocycles. The van der Waals surface area contributed by atoms with E-state index in [1.807, 2.05) is 14.0 Å². The third-order valence-electron chi connectivity index (χ3n) is 3.07. The number of aromatic nitrogens is 2. The molecule has 0 unspecified atom stereocenters. The molecule has 0 bridgehead atoms. The van der Waals surface area contributed by atoms with Crippen molar-refractivity contribution in [2.24, 2.45) is 7.05 Å². The van der Waals surface area contributed by atoms with Crippen molar-refractivity contribution in [3.05, 3.63) is 46.2 Å². The first-order valence-electron chi connectivity index (χ1n) is 6.26. The van der Waals surface area contributed by atoms with E-state index in [0.717, 1.165) is 16.9 Å². The highest BCUT2D eigenvalue weighted by Crippen LogP contribution is 2.17. The van der Waals surface area contributed by atoms with Crippen molar-refractivity contribution < 1.29 is 0 Å². The van der Waals surface area contributed by atoms with Gasteiger partial charge in [0.05, 0.1) is 23.5 Å². The molecule has 0 aliphatic carbocycles. The summed E-state index contributed by atoms with van der Waals surface area (Å²) >= 11 is 11.4. The second-order valence-electron chi connectivity index (χ2n) is 4.69. The quantitative estimate of drug-likeness (QED) is 0.855. The Bertz CT molecular complexity index is 617. The molecular weight excluding hydrogens is 292 g/mol. The highest BCUT2D eigenvalue weighted by molar-refractivity contribution is 7.80. The summed E-state index contributed by atoms with van der Waals surface area (Å²) < 4.78 is 1.73. The van der Waals surface area contributed by atoms with Crippen LogP contribution in [0.5, 0.6) is 0 Å². The van der Waals surface area contributed by atoms with Crippen LogP contribution in [0.15, 0.2) is 24.4 Å². The van der Waals surface area contributed by atoms with Crippen LogP contribution in [0.25, 0.3) is 0 Å². The minimum absolute atomic E-state index is 0.534. The summed E-state index contributed by atoms with van der Waals surface area (Å²) in [5.74, 6) is 0. The van der Waals surface area contributed by atoms with E-state index >= 15 is 0 Å². The van der Waals surface area contributed by atoms with Gasteiger partial charge in [0, 0.05) is 12.7 Å². The Morgan fingerprint density at radius 2 is 2.15 bits per heavy atom. The van der Waals surface area contributed by atoms with E-state index in [1.165, 1.54) is 5.56 Å². The number of thiocarbonyl (C=S) groups is 1. The number of rotatable bonds is 3. The van der Waals surface area contributed by atoms with E-state index < -0.39 is 0 Å². The van der Waals surface area contributed by atoms with E-state index in [1.54, 1.807) is 10.9 Å². The molecule has 4 nitrogen and oxygen atoms in total. The zero-order chi connectivity index (χ0) is 14.7. The van der Waals surface area contributed by atoms with Gasteiger partial charge in [0.2, 0.25) is 0 Å². The Morgan fingerprint density at radius 1 is 1.40 bits per heavy atom. The fourth-order valence-electron chi connectivity index (χ4n) is 1.84. The summed E-state index contributed by atoms with van der Waals surface area (Å²) in [4.78, 5) is 0. The number of halogens is 1. The Kier molecular flexibility index (Phi) is 4.62. The summed E-state index contributed by atoms with van der Waals surface area (Å²) in [5.41, 5.74) is 4.25. The second kappa shape index (κ2) is 6.24. The fraction of sp³-hybridized carbons (Fsp3) is 0.286. The molecule has 0 aliphatic heterocycles. The van der Waals surface area contributed by atoms with Crippen molar-refractivity contribution in [2.75, 3.05) is 5.32 Å². The number of anilines is 1. The summed E-state index contributed by atoms with van der Waals surface area (Å²) in [6.07, 6.45) is 1.62. The van der Waals surface area contributed by atoms with Gasteiger partial charge in [-0.05, 0) is 43.3 Å². The fourth-order valence-corrected chi connectivity index (χ4v) is 2.25. The van der Waals surface area contributed by atoms with Gasteiger partial charge in [-0.3, -0.25) is 4.68 Å². The van der Waals surface area contributed by atoms with E-state index in [-0.39, 0.29) is 0 Å². The van der Waals surface area contributed by atoms with Gasteiger partial charge in [0.1, 0.15) is 0 Å². The van der Waals surface area contributed by atoms with Crippen LogP contribution < -0.4 is 10.6 Å². The number of hydrogen-bond acceptors (Lipinski definition) is 2. The van der Waals surface area contributed by atoms with Gasteiger partial charge in [0.15, 0.2) is 5.11 Å². The van der Waals surface area contributed by atoms with Gasteiger partial charge < -0.3 is 10.6 Å². The van der Waals surface area contributed by atoms with E-state index in [9.17, 15) is 0 Å². The van der Waals surface area contributed by atoms with Crippen molar-refractivity contribution in [3.63, 3.8) is 0 Å². The Balaban J connectivity index is 1.98. The van der Waals surface area contributed by atoms with E-state index in [2.05, 4.69) is 40.9 Å². The predicted molar refractivity (Wildman–Crippen MR) is 87.2 cm³/mol.